The molecule has 0 spiro atoms. The minimum atomic E-state index is 0.899. The molecular formula is C16H18N4. The van der Waals surface area contributed by atoms with Crippen molar-refractivity contribution in [2.75, 3.05) is 17.2 Å². The van der Waals surface area contributed by atoms with E-state index in [9.17, 15) is 0 Å². The third-order valence-corrected chi connectivity index (χ3v) is 3.32. The molecule has 1 aliphatic rings. The molecule has 0 aliphatic carbocycles. The Bertz CT molecular complexity index is 667. The molecule has 2 heterocycles. The summed E-state index contributed by atoms with van der Waals surface area (Å²) in [5, 5.41) is 11.0. The van der Waals surface area contributed by atoms with Crippen molar-refractivity contribution >= 4 is 23.5 Å². The van der Waals surface area contributed by atoms with E-state index in [1.165, 1.54) is 0 Å². The lowest BCUT2D eigenvalue weighted by Crippen LogP contribution is -2.00. The molecule has 0 saturated heterocycles. The molecule has 0 fully saturated rings. The zero-order valence-electron chi connectivity index (χ0n) is 11.6. The van der Waals surface area contributed by atoms with E-state index in [-0.39, 0.29) is 0 Å². The van der Waals surface area contributed by atoms with Gasteiger partial charge < -0.3 is 10.6 Å². The van der Waals surface area contributed by atoms with Gasteiger partial charge in [-0.05, 0) is 11.6 Å². The predicted molar refractivity (Wildman–Crippen MR) is 84.4 cm³/mol. The number of hydrogen-bond donors (Lipinski definition) is 2. The van der Waals surface area contributed by atoms with Crippen LogP contribution in [-0.2, 0) is 7.05 Å². The van der Waals surface area contributed by atoms with E-state index >= 15 is 0 Å². The second kappa shape index (κ2) is 5.25. The van der Waals surface area contributed by atoms with Crippen molar-refractivity contribution in [1.82, 2.24) is 9.78 Å². The fraction of sp³-hybridized carbons (Fsp3) is 0.188. The van der Waals surface area contributed by atoms with Crippen LogP contribution < -0.4 is 10.6 Å². The third-order valence-electron chi connectivity index (χ3n) is 3.32. The van der Waals surface area contributed by atoms with Crippen molar-refractivity contribution in [1.29, 1.82) is 0 Å². The Balaban J connectivity index is 1.92. The maximum Gasteiger partial charge on any atom is 0.0653 e. The predicted octanol–water partition coefficient (Wildman–Crippen LogP) is 3.33. The number of rotatable bonds is 2. The van der Waals surface area contributed by atoms with Crippen LogP contribution in [0, 0.1) is 0 Å². The lowest BCUT2D eigenvalue weighted by atomic mass is 10.1. The third kappa shape index (κ3) is 2.59. The zero-order chi connectivity index (χ0) is 13.9. The Labute approximate surface area is 118 Å². The van der Waals surface area contributed by atoms with Gasteiger partial charge in [0.1, 0.15) is 0 Å². The van der Waals surface area contributed by atoms with Crippen LogP contribution in [0.3, 0.4) is 0 Å². The van der Waals surface area contributed by atoms with E-state index in [0.717, 1.165) is 41.2 Å². The van der Waals surface area contributed by atoms with Gasteiger partial charge in [0.2, 0.25) is 0 Å². The van der Waals surface area contributed by atoms with E-state index in [1.807, 2.05) is 19.4 Å². The Morgan fingerprint density at radius 2 is 2.25 bits per heavy atom. The van der Waals surface area contributed by atoms with E-state index in [2.05, 4.69) is 52.7 Å². The highest BCUT2D eigenvalue weighted by Crippen LogP contribution is 2.31. The molecule has 0 unspecified atom stereocenters. The van der Waals surface area contributed by atoms with Gasteiger partial charge in [-0.15, -0.1) is 0 Å². The molecule has 0 radical (unpaired) electrons. The monoisotopic (exact) mass is 266 g/mol. The minimum Gasteiger partial charge on any atom is -0.382 e. The number of anilines is 2. The summed E-state index contributed by atoms with van der Waals surface area (Å²) in [6, 6.07) is 6.23. The van der Waals surface area contributed by atoms with Crippen LogP contribution >= 0.6 is 0 Å². The smallest absolute Gasteiger partial charge is 0.0653 e. The first-order valence-electron chi connectivity index (χ1n) is 6.71. The molecule has 4 nitrogen and oxygen atoms in total. The van der Waals surface area contributed by atoms with Crippen LogP contribution in [0.2, 0.25) is 0 Å². The summed E-state index contributed by atoms with van der Waals surface area (Å²) in [6.45, 7) is 4.92. The van der Waals surface area contributed by atoms with Crippen molar-refractivity contribution in [3.8, 4) is 0 Å². The van der Waals surface area contributed by atoms with Crippen LogP contribution in [0.15, 0.2) is 42.9 Å². The Hall–Kier alpha value is -2.49. The first-order chi connectivity index (χ1) is 9.72. The Morgan fingerprint density at radius 1 is 1.35 bits per heavy atom. The second-order valence-corrected chi connectivity index (χ2v) is 4.96. The quantitative estimate of drug-likeness (QED) is 0.876. The van der Waals surface area contributed by atoms with Gasteiger partial charge in [-0.3, -0.25) is 4.68 Å². The molecule has 0 amide bonds. The molecule has 4 heteroatoms. The first-order valence-corrected chi connectivity index (χ1v) is 6.71. The fourth-order valence-electron chi connectivity index (χ4n) is 2.31. The molecule has 0 saturated carbocycles. The molecule has 2 N–H and O–H groups in total. The van der Waals surface area contributed by atoms with Gasteiger partial charge >= 0.3 is 0 Å². The molecule has 2 aromatic rings. The number of hydrogen-bond acceptors (Lipinski definition) is 3. The van der Waals surface area contributed by atoms with Gasteiger partial charge in [-0.25, -0.2) is 0 Å². The van der Waals surface area contributed by atoms with Gasteiger partial charge in [0.25, 0.3) is 0 Å². The van der Waals surface area contributed by atoms with Gasteiger partial charge in [-0.1, -0.05) is 30.9 Å². The van der Waals surface area contributed by atoms with Crippen molar-refractivity contribution in [2.24, 2.45) is 7.05 Å². The van der Waals surface area contributed by atoms with Crippen LogP contribution in [0.4, 0.5) is 11.4 Å². The molecule has 102 valence electrons. The summed E-state index contributed by atoms with van der Waals surface area (Å²) in [4.78, 5) is 0. The highest BCUT2D eigenvalue weighted by atomic mass is 15.2. The van der Waals surface area contributed by atoms with Crippen molar-refractivity contribution < 1.29 is 0 Å². The normalized spacial score (nSPS) is 14.6. The van der Waals surface area contributed by atoms with Crippen molar-refractivity contribution in [3.63, 3.8) is 0 Å². The molecule has 20 heavy (non-hydrogen) atoms. The van der Waals surface area contributed by atoms with Crippen LogP contribution in [0.5, 0.6) is 0 Å². The SMILES string of the molecule is C=C1CCNc2c(/C=C/c3cnn(C)c3)cccc2N1. The van der Waals surface area contributed by atoms with Crippen molar-refractivity contribution in [2.45, 2.75) is 6.42 Å². The summed E-state index contributed by atoms with van der Waals surface area (Å²) >= 11 is 0. The summed E-state index contributed by atoms with van der Waals surface area (Å²) in [5.74, 6) is 0. The first kappa shape index (κ1) is 12.5. The molecule has 1 aromatic heterocycles. The number of benzene rings is 1. The van der Waals surface area contributed by atoms with E-state index in [4.69, 9.17) is 0 Å². The van der Waals surface area contributed by atoms with Gasteiger partial charge in [0.15, 0.2) is 0 Å². The highest BCUT2D eigenvalue weighted by molar-refractivity contribution is 5.85. The standard InChI is InChI=1S/C16H18N4/c1-12-8-9-17-16-14(4-3-5-15(16)19-12)7-6-13-10-18-20(2)11-13/h3-7,10-11,17,19H,1,8-9H2,2H3/b7-6+. The molecule has 0 atom stereocenters. The summed E-state index contributed by atoms with van der Waals surface area (Å²) in [6.07, 6.45) is 8.96. The van der Waals surface area contributed by atoms with Crippen LogP contribution in [0.1, 0.15) is 17.5 Å². The lowest BCUT2D eigenvalue weighted by molar-refractivity contribution is 0.767. The van der Waals surface area contributed by atoms with E-state index in [1.54, 1.807) is 4.68 Å². The van der Waals surface area contributed by atoms with Crippen LogP contribution in [-0.4, -0.2) is 16.3 Å². The maximum atomic E-state index is 4.17. The lowest BCUT2D eigenvalue weighted by Gasteiger charge is -2.11. The molecular weight excluding hydrogens is 248 g/mol. The Kier molecular flexibility index (Phi) is 3.29. The number of aromatic nitrogens is 2. The largest absolute Gasteiger partial charge is 0.382 e. The summed E-state index contributed by atoms with van der Waals surface area (Å²) < 4.78 is 1.80. The zero-order valence-corrected chi connectivity index (χ0v) is 11.6. The van der Waals surface area contributed by atoms with Gasteiger partial charge in [-0.2, -0.15) is 5.10 Å². The maximum absolute atomic E-state index is 4.17. The summed E-state index contributed by atoms with van der Waals surface area (Å²) in [7, 11) is 1.92. The van der Waals surface area contributed by atoms with Gasteiger partial charge in [0, 0.05) is 37.5 Å². The number of aryl methyl sites for hydroxylation is 1. The average molecular weight is 266 g/mol. The Morgan fingerprint density at radius 3 is 3.05 bits per heavy atom. The number of nitrogens with zero attached hydrogens (tertiary/aromatic N) is 2. The van der Waals surface area contributed by atoms with Crippen molar-refractivity contribution in [3.05, 3.63) is 54.0 Å². The average Bonchev–Trinajstić information content (AvgIpc) is 2.74. The van der Waals surface area contributed by atoms with E-state index in [0.29, 0.717) is 0 Å². The minimum absolute atomic E-state index is 0.899. The summed E-state index contributed by atoms with van der Waals surface area (Å²) in [5.41, 5.74) is 5.52. The van der Waals surface area contributed by atoms with Gasteiger partial charge in [0.05, 0.1) is 17.6 Å². The second-order valence-electron chi connectivity index (χ2n) is 4.96. The molecule has 1 aliphatic heterocycles. The molecule has 0 bridgehead atoms. The van der Waals surface area contributed by atoms with Crippen LogP contribution in [0.25, 0.3) is 12.2 Å². The molecule has 3 rings (SSSR count). The van der Waals surface area contributed by atoms with E-state index < -0.39 is 0 Å². The highest BCUT2D eigenvalue weighted by Gasteiger charge is 2.10. The fourth-order valence-corrected chi connectivity index (χ4v) is 2.31. The number of fused-ring (bicyclic) bond motifs is 1. The topological polar surface area (TPSA) is 41.9 Å². The number of para-hydroxylation sites is 1. The number of nitrogens with one attached hydrogen (secondary N) is 2. The molecule has 1 aromatic carbocycles.